The predicted molar refractivity (Wildman–Crippen MR) is 151 cm³/mol. The van der Waals surface area contributed by atoms with Gasteiger partial charge in [0.15, 0.2) is 9.84 Å². The molecule has 0 saturated carbocycles. The van der Waals surface area contributed by atoms with Crippen LogP contribution < -0.4 is 15.5 Å². The molecule has 216 valence electrons. The summed E-state index contributed by atoms with van der Waals surface area (Å²) in [6.45, 7) is 1.34. The minimum absolute atomic E-state index is 0.282. The van der Waals surface area contributed by atoms with E-state index in [1.807, 2.05) is 0 Å². The van der Waals surface area contributed by atoms with E-state index < -0.39 is 39.3 Å². The van der Waals surface area contributed by atoms with Gasteiger partial charge in [-0.15, -0.1) is 0 Å². The molecule has 0 spiro atoms. The number of hydrogen-bond acceptors (Lipinski definition) is 6. The van der Waals surface area contributed by atoms with Crippen LogP contribution in [-0.2, 0) is 26.6 Å². The zero-order valence-corrected chi connectivity index (χ0v) is 23.2. The molecule has 0 aromatic heterocycles. The van der Waals surface area contributed by atoms with Gasteiger partial charge in [-0.25, -0.2) is 8.42 Å². The summed E-state index contributed by atoms with van der Waals surface area (Å²) in [7, 11) is -3.69. The van der Waals surface area contributed by atoms with Crippen LogP contribution in [0.15, 0.2) is 66.7 Å². The van der Waals surface area contributed by atoms with Gasteiger partial charge in [0.2, 0.25) is 5.91 Å². The number of carbonyl (C=O) groups excluding carboxylic acids is 2. The first-order chi connectivity index (χ1) is 19.4. The largest absolute Gasteiger partial charge is 0.416 e. The first-order valence-corrected chi connectivity index (χ1v) is 15.0. The molecular weight excluding hydrogens is 581 g/mol. The maximum Gasteiger partial charge on any atom is 0.416 e. The molecule has 2 N–H and O–H groups in total. The number of piperazine rings is 1. The summed E-state index contributed by atoms with van der Waals surface area (Å²) in [6.07, 6.45) is -4.44. The fraction of sp³-hybridized carbons (Fsp3) is 0.286. The molecule has 8 nitrogen and oxygen atoms in total. The Balaban J connectivity index is 1.21. The van der Waals surface area contributed by atoms with Crippen LogP contribution in [0, 0.1) is 0 Å². The Hall–Kier alpha value is -3.77. The molecule has 13 heteroatoms. The van der Waals surface area contributed by atoms with E-state index in [1.54, 1.807) is 52.3 Å². The fourth-order valence-electron chi connectivity index (χ4n) is 4.89. The van der Waals surface area contributed by atoms with Gasteiger partial charge in [-0.2, -0.15) is 13.2 Å². The lowest BCUT2D eigenvalue weighted by atomic mass is 10.1. The van der Waals surface area contributed by atoms with Crippen LogP contribution in [0.3, 0.4) is 0 Å². The number of nitrogens with one attached hydrogen (secondary N) is 2. The summed E-state index contributed by atoms with van der Waals surface area (Å²) in [6, 6.07) is 15.4. The summed E-state index contributed by atoms with van der Waals surface area (Å²) in [5.41, 5.74) is 1.32. The molecule has 5 rings (SSSR count). The summed E-state index contributed by atoms with van der Waals surface area (Å²) >= 11 is 6.09. The summed E-state index contributed by atoms with van der Waals surface area (Å²) in [4.78, 5) is 29.3. The highest BCUT2D eigenvalue weighted by molar-refractivity contribution is 7.90. The highest BCUT2D eigenvalue weighted by atomic mass is 35.5. The maximum atomic E-state index is 13.2. The van der Waals surface area contributed by atoms with Crippen LogP contribution in [0.2, 0.25) is 5.02 Å². The van der Waals surface area contributed by atoms with Crippen molar-refractivity contribution >= 4 is 50.3 Å². The predicted octanol–water partition coefficient (Wildman–Crippen LogP) is 4.67. The average molecular weight is 607 g/mol. The number of benzene rings is 3. The zero-order valence-electron chi connectivity index (χ0n) is 21.6. The van der Waals surface area contributed by atoms with Gasteiger partial charge < -0.3 is 20.4 Å². The Kier molecular flexibility index (Phi) is 7.89. The molecule has 0 radical (unpaired) electrons. The average Bonchev–Trinajstić information content (AvgIpc) is 2.93. The highest BCUT2D eigenvalue weighted by Gasteiger charge is 2.33. The van der Waals surface area contributed by atoms with Crippen LogP contribution >= 0.6 is 11.6 Å². The van der Waals surface area contributed by atoms with Crippen molar-refractivity contribution in [2.75, 3.05) is 47.5 Å². The number of alkyl halides is 3. The molecule has 0 bridgehead atoms. The lowest BCUT2D eigenvalue weighted by Crippen LogP contribution is -2.49. The number of amides is 2. The Labute approximate surface area is 240 Å². The van der Waals surface area contributed by atoms with Crippen molar-refractivity contribution in [2.45, 2.75) is 18.0 Å². The molecule has 2 aliphatic heterocycles. The standard InChI is InChI=1S/C28H26ClF3N4O4S/c29-22-7-2-1-4-19(22)16-41(39,40)17-25-26(37)34-24-14-18(8-9-23(24)33-25)27(38)36-12-10-35(11-13-36)21-6-3-5-20(15-21)28(30,31)32/h1-9,14-15,25,33H,10-13,16-17H2,(H,34,37)/t25-/m0/s1. The van der Waals surface area contributed by atoms with Crippen molar-refractivity contribution in [1.82, 2.24) is 4.90 Å². The Morgan fingerprint density at radius 3 is 2.39 bits per heavy atom. The van der Waals surface area contributed by atoms with Gasteiger partial charge in [-0.05, 0) is 48.0 Å². The molecule has 2 amide bonds. The fourth-order valence-corrected chi connectivity index (χ4v) is 6.76. The second kappa shape index (κ2) is 11.2. The quantitative estimate of drug-likeness (QED) is 0.423. The van der Waals surface area contributed by atoms with Crippen molar-refractivity contribution in [3.63, 3.8) is 0 Å². The van der Waals surface area contributed by atoms with Crippen molar-refractivity contribution in [3.05, 3.63) is 88.4 Å². The number of sulfone groups is 1. The first-order valence-electron chi connectivity index (χ1n) is 12.8. The third-order valence-corrected chi connectivity index (χ3v) is 8.99. The number of nitrogens with zero attached hydrogens (tertiary/aromatic N) is 2. The number of carbonyl (C=O) groups is 2. The van der Waals surface area contributed by atoms with E-state index in [-0.39, 0.29) is 11.7 Å². The van der Waals surface area contributed by atoms with Gasteiger partial charge >= 0.3 is 6.18 Å². The van der Waals surface area contributed by atoms with E-state index in [1.165, 1.54) is 12.1 Å². The number of rotatable bonds is 6. The van der Waals surface area contributed by atoms with Crippen LogP contribution in [0.1, 0.15) is 21.5 Å². The molecule has 41 heavy (non-hydrogen) atoms. The van der Waals surface area contributed by atoms with E-state index in [4.69, 9.17) is 11.6 Å². The van der Waals surface area contributed by atoms with Crippen molar-refractivity contribution in [2.24, 2.45) is 0 Å². The van der Waals surface area contributed by atoms with Crippen molar-refractivity contribution in [3.8, 4) is 0 Å². The SMILES string of the molecule is O=C1Nc2cc(C(=O)N3CCN(c4cccc(C(F)(F)F)c4)CC3)ccc2N[C@H]1CS(=O)(=O)Cc1ccccc1Cl. The van der Waals surface area contributed by atoms with Gasteiger partial charge in [0, 0.05) is 42.5 Å². The highest BCUT2D eigenvalue weighted by Crippen LogP contribution is 2.33. The Morgan fingerprint density at radius 1 is 0.951 bits per heavy atom. The summed E-state index contributed by atoms with van der Waals surface area (Å²) in [5.74, 6) is -1.57. The second-order valence-electron chi connectivity index (χ2n) is 9.92. The monoisotopic (exact) mass is 606 g/mol. The van der Waals surface area contributed by atoms with Gasteiger partial charge in [-0.3, -0.25) is 9.59 Å². The number of hydrogen-bond donors (Lipinski definition) is 2. The van der Waals surface area contributed by atoms with Crippen LogP contribution in [-0.4, -0.2) is 63.1 Å². The molecule has 3 aromatic carbocycles. The van der Waals surface area contributed by atoms with Crippen LogP contribution in [0.5, 0.6) is 0 Å². The molecule has 3 aromatic rings. The Bertz CT molecular complexity index is 1590. The smallest absolute Gasteiger partial charge is 0.371 e. The van der Waals surface area contributed by atoms with Gasteiger partial charge in [0.25, 0.3) is 5.91 Å². The summed E-state index contributed by atoms with van der Waals surface area (Å²) in [5, 5.41) is 5.97. The van der Waals surface area contributed by atoms with Gasteiger partial charge in [-0.1, -0.05) is 35.9 Å². The first kappa shape index (κ1) is 28.7. The minimum Gasteiger partial charge on any atom is -0.371 e. The molecule has 1 atom stereocenters. The number of anilines is 3. The van der Waals surface area contributed by atoms with Crippen LogP contribution in [0.4, 0.5) is 30.2 Å². The normalized spacial score (nSPS) is 17.5. The maximum absolute atomic E-state index is 13.2. The third-order valence-electron chi connectivity index (χ3n) is 7.03. The van der Waals surface area contributed by atoms with Crippen molar-refractivity contribution < 1.29 is 31.2 Å². The van der Waals surface area contributed by atoms with Gasteiger partial charge in [0.05, 0.1) is 28.4 Å². The Morgan fingerprint density at radius 2 is 1.68 bits per heavy atom. The molecule has 0 unspecified atom stereocenters. The molecule has 2 aliphatic rings. The molecule has 1 saturated heterocycles. The topological polar surface area (TPSA) is 98.8 Å². The van der Waals surface area contributed by atoms with Gasteiger partial charge in [0.1, 0.15) is 6.04 Å². The van der Waals surface area contributed by atoms with E-state index in [0.29, 0.717) is 59.4 Å². The molecule has 1 fully saturated rings. The van der Waals surface area contributed by atoms with E-state index in [0.717, 1.165) is 12.1 Å². The minimum atomic E-state index is -4.44. The molecule has 2 heterocycles. The number of fused-ring (bicyclic) bond motifs is 1. The molecule has 0 aliphatic carbocycles. The second-order valence-corrected chi connectivity index (χ2v) is 12.4. The summed E-state index contributed by atoms with van der Waals surface area (Å²) < 4.78 is 64.8. The van der Waals surface area contributed by atoms with E-state index in [2.05, 4.69) is 10.6 Å². The van der Waals surface area contributed by atoms with Crippen molar-refractivity contribution in [1.29, 1.82) is 0 Å². The van der Waals surface area contributed by atoms with Crippen LogP contribution in [0.25, 0.3) is 0 Å². The van der Waals surface area contributed by atoms with E-state index >= 15 is 0 Å². The van der Waals surface area contributed by atoms with E-state index in [9.17, 15) is 31.2 Å². The third kappa shape index (κ3) is 6.59. The lowest BCUT2D eigenvalue weighted by Gasteiger charge is -2.36. The number of halogens is 4. The molecular formula is C28H26ClF3N4O4S. The lowest BCUT2D eigenvalue weighted by molar-refractivity contribution is -0.137. The zero-order chi connectivity index (χ0) is 29.4.